The van der Waals surface area contributed by atoms with Crippen LogP contribution in [0.4, 0.5) is 4.79 Å². The Labute approximate surface area is 107 Å². The van der Waals surface area contributed by atoms with Crippen LogP contribution in [0.25, 0.3) is 0 Å². The van der Waals surface area contributed by atoms with Crippen LogP contribution in [0.3, 0.4) is 0 Å². The number of hydrogen-bond donors (Lipinski definition) is 3. The number of carbonyl (C=O) groups excluding carboxylic acids is 1. The lowest BCUT2D eigenvalue weighted by Gasteiger charge is -2.35. The molecule has 1 atom stereocenters. The highest BCUT2D eigenvalue weighted by molar-refractivity contribution is 5.83. The zero-order valence-electron chi connectivity index (χ0n) is 11.2. The number of aliphatic carboxylic acids is 1. The van der Waals surface area contributed by atoms with Crippen LogP contribution in [0.15, 0.2) is 0 Å². The maximum absolute atomic E-state index is 11.8. The Kier molecular flexibility index (Phi) is 4.95. The molecule has 0 aromatic heterocycles. The van der Waals surface area contributed by atoms with Crippen molar-refractivity contribution >= 4 is 12.0 Å². The second kappa shape index (κ2) is 6.04. The second-order valence-corrected chi connectivity index (χ2v) is 5.33. The van der Waals surface area contributed by atoms with Crippen LogP contribution in [0.2, 0.25) is 0 Å². The summed E-state index contributed by atoms with van der Waals surface area (Å²) in [6.07, 6.45) is 1.47. The summed E-state index contributed by atoms with van der Waals surface area (Å²) >= 11 is 0. The molecule has 0 unspecified atom stereocenters. The third-order valence-corrected chi connectivity index (χ3v) is 3.23. The van der Waals surface area contributed by atoms with E-state index in [2.05, 4.69) is 10.6 Å². The molecule has 2 amide bonds. The smallest absolute Gasteiger partial charge is 0.326 e. The monoisotopic (exact) mass is 258 g/mol. The van der Waals surface area contributed by atoms with Gasteiger partial charge >= 0.3 is 12.0 Å². The molecule has 3 N–H and O–H groups in total. The lowest BCUT2D eigenvalue weighted by Crippen LogP contribution is -2.56. The van der Waals surface area contributed by atoms with Crippen molar-refractivity contribution in [2.45, 2.75) is 45.2 Å². The van der Waals surface area contributed by atoms with Crippen molar-refractivity contribution in [1.82, 2.24) is 10.6 Å². The first-order valence-corrected chi connectivity index (χ1v) is 6.23. The van der Waals surface area contributed by atoms with Crippen molar-refractivity contribution in [2.24, 2.45) is 5.92 Å². The lowest BCUT2D eigenvalue weighted by molar-refractivity contribution is -0.140. The van der Waals surface area contributed by atoms with Crippen LogP contribution in [0.1, 0.15) is 33.6 Å². The molecule has 1 saturated heterocycles. The van der Waals surface area contributed by atoms with Gasteiger partial charge in [-0.05, 0) is 25.7 Å². The number of amides is 2. The number of urea groups is 1. The first-order valence-electron chi connectivity index (χ1n) is 6.23. The Bertz CT molecular complexity index is 311. The van der Waals surface area contributed by atoms with Crippen molar-refractivity contribution < 1.29 is 19.4 Å². The van der Waals surface area contributed by atoms with Crippen LogP contribution < -0.4 is 10.6 Å². The summed E-state index contributed by atoms with van der Waals surface area (Å²) in [7, 11) is 0. The van der Waals surface area contributed by atoms with E-state index in [0.29, 0.717) is 13.2 Å². The zero-order valence-corrected chi connectivity index (χ0v) is 11.2. The highest BCUT2D eigenvalue weighted by Gasteiger charge is 2.31. The zero-order chi connectivity index (χ0) is 13.8. The minimum Gasteiger partial charge on any atom is -0.480 e. The average Bonchev–Trinajstić information content (AvgIpc) is 2.25. The summed E-state index contributed by atoms with van der Waals surface area (Å²) < 4.78 is 5.24. The van der Waals surface area contributed by atoms with E-state index >= 15 is 0 Å². The highest BCUT2D eigenvalue weighted by Crippen LogP contribution is 2.19. The molecule has 104 valence electrons. The summed E-state index contributed by atoms with van der Waals surface area (Å²) in [5.74, 6) is -1.17. The molecule has 0 saturated carbocycles. The van der Waals surface area contributed by atoms with Gasteiger partial charge in [-0.25, -0.2) is 9.59 Å². The number of nitrogens with one attached hydrogen (secondary N) is 2. The molecule has 6 nitrogen and oxygen atoms in total. The quantitative estimate of drug-likeness (QED) is 0.701. The molecule has 0 radical (unpaired) electrons. The van der Waals surface area contributed by atoms with Crippen LogP contribution in [-0.4, -0.2) is 41.9 Å². The molecule has 0 aromatic carbocycles. The van der Waals surface area contributed by atoms with Gasteiger partial charge in [-0.15, -0.1) is 0 Å². The van der Waals surface area contributed by atoms with Crippen LogP contribution in [0, 0.1) is 5.92 Å². The fourth-order valence-corrected chi connectivity index (χ4v) is 1.91. The fraction of sp³-hybridized carbons (Fsp3) is 0.833. The van der Waals surface area contributed by atoms with E-state index in [1.165, 1.54) is 0 Å². The standard InChI is InChI=1S/C12H22N2O4/c1-8(2)9(10(15)16)13-11(17)14-12(3)4-6-18-7-5-12/h8-9H,4-7H2,1-3H3,(H,15,16)(H2,13,14,17)/t9-/m1/s1. The highest BCUT2D eigenvalue weighted by atomic mass is 16.5. The van der Waals surface area contributed by atoms with Gasteiger partial charge in [0.15, 0.2) is 0 Å². The minimum absolute atomic E-state index is 0.157. The summed E-state index contributed by atoms with van der Waals surface area (Å²) in [4.78, 5) is 22.8. The van der Waals surface area contributed by atoms with Crippen molar-refractivity contribution in [3.8, 4) is 0 Å². The number of ether oxygens (including phenoxy) is 1. The van der Waals surface area contributed by atoms with E-state index in [9.17, 15) is 9.59 Å². The average molecular weight is 258 g/mol. The summed E-state index contributed by atoms with van der Waals surface area (Å²) in [6, 6.07) is -1.30. The van der Waals surface area contributed by atoms with Crippen LogP contribution >= 0.6 is 0 Å². The van der Waals surface area contributed by atoms with E-state index in [-0.39, 0.29) is 11.5 Å². The molecule has 0 bridgehead atoms. The number of hydrogen-bond acceptors (Lipinski definition) is 3. The topological polar surface area (TPSA) is 87.7 Å². The van der Waals surface area contributed by atoms with E-state index in [4.69, 9.17) is 9.84 Å². The van der Waals surface area contributed by atoms with Gasteiger partial charge in [0.05, 0.1) is 0 Å². The van der Waals surface area contributed by atoms with Gasteiger partial charge in [0.25, 0.3) is 0 Å². The van der Waals surface area contributed by atoms with Gasteiger partial charge in [-0.1, -0.05) is 13.8 Å². The van der Waals surface area contributed by atoms with Crippen LogP contribution in [-0.2, 0) is 9.53 Å². The normalized spacial score (nSPS) is 20.2. The Morgan fingerprint density at radius 2 is 1.83 bits per heavy atom. The lowest BCUT2D eigenvalue weighted by atomic mass is 9.93. The Morgan fingerprint density at radius 3 is 2.28 bits per heavy atom. The molecule has 6 heteroatoms. The second-order valence-electron chi connectivity index (χ2n) is 5.33. The fourth-order valence-electron chi connectivity index (χ4n) is 1.91. The molecule has 1 aliphatic heterocycles. The molecule has 1 heterocycles. The van der Waals surface area contributed by atoms with Gasteiger partial charge in [-0.3, -0.25) is 0 Å². The molecule has 0 aromatic rings. The molecular weight excluding hydrogens is 236 g/mol. The van der Waals surface area contributed by atoms with E-state index in [1.807, 2.05) is 6.92 Å². The van der Waals surface area contributed by atoms with Crippen molar-refractivity contribution in [1.29, 1.82) is 0 Å². The van der Waals surface area contributed by atoms with Crippen molar-refractivity contribution in [3.63, 3.8) is 0 Å². The Balaban J connectivity index is 2.52. The van der Waals surface area contributed by atoms with Crippen LogP contribution in [0.5, 0.6) is 0 Å². The first-order chi connectivity index (χ1) is 8.34. The van der Waals surface area contributed by atoms with Gasteiger partial charge < -0.3 is 20.5 Å². The number of carboxylic acids is 1. The maximum atomic E-state index is 11.8. The molecular formula is C12H22N2O4. The minimum atomic E-state index is -1.02. The predicted molar refractivity (Wildman–Crippen MR) is 66.4 cm³/mol. The van der Waals surface area contributed by atoms with Gasteiger partial charge in [0.2, 0.25) is 0 Å². The Hall–Kier alpha value is -1.30. The Morgan fingerprint density at radius 1 is 1.28 bits per heavy atom. The van der Waals surface area contributed by atoms with Gasteiger partial charge in [-0.2, -0.15) is 0 Å². The van der Waals surface area contributed by atoms with Gasteiger partial charge in [0, 0.05) is 18.8 Å². The predicted octanol–water partition coefficient (Wildman–Crippen LogP) is 0.964. The summed E-state index contributed by atoms with van der Waals surface area (Å²) in [5, 5.41) is 14.3. The molecule has 1 fully saturated rings. The number of carboxylic acid groups (broad SMARTS) is 1. The third kappa shape index (κ3) is 4.18. The molecule has 0 spiro atoms. The van der Waals surface area contributed by atoms with E-state index in [0.717, 1.165) is 12.8 Å². The van der Waals surface area contributed by atoms with Gasteiger partial charge in [0.1, 0.15) is 6.04 Å². The summed E-state index contributed by atoms with van der Waals surface area (Å²) in [6.45, 7) is 6.69. The molecule has 1 aliphatic rings. The van der Waals surface area contributed by atoms with Crippen molar-refractivity contribution in [3.05, 3.63) is 0 Å². The number of rotatable bonds is 4. The first kappa shape index (κ1) is 14.8. The summed E-state index contributed by atoms with van der Waals surface area (Å²) in [5.41, 5.74) is -0.317. The SMILES string of the molecule is CC(C)[C@@H](NC(=O)NC1(C)CCOCC1)C(=O)O. The number of carbonyl (C=O) groups is 2. The molecule has 18 heavy (non-hydrogen) atoms. The van der Waals surface area contributed by atoms with Crippen molar-refractivity contribution in [2.75, 3.05) is 13.2 Å². The van der Waals surface area contributed by atoms with E-state index in [1.54, 1.807) is 13.8 Å². The maximum Gasteiger partial charge on any atom is 0.326 e. The molecule has 1 rings (SSSR count). The van der Waals surface area contributed by atoms with E-state index < -0.39 is 18.0 Å². The third-order valence-electron chi connectivity index (χ3n) is 3.23. The largest absolute Gasteiger partial charge is 0.480 e. The molecule has 0 aliphatic carbocycles.